The molecule has 1 aromatic rings. The van der Waals surface area contributed by atoms with Crippen molar-refractivity contribution in [2.24, 2.45) is 0 Å². The predicted molar refractivity (Wildman–Crippen MR) is 63.9 cm³/mol. The highest BCUT2D eigenvalue weighted by molar-refractivity contribution is 5.64. The second-order valence-corrected chi connectivity index (χ2v) is 3.64. The first-order valence-electron chi connectivity index (χ1n) is 5.23. The third-order valence-electron chi connectivity index (χ3n) is 2.51. The van der Waals surface area contributed by atoms with Crippen molar-refractivity contribution in [1.82, 2.24) is 4.90 Å². The molecule has 5 nitrogen and oxygen atoms in total. The van der Waals surface area contributed by atoms with E-state index in [1.807, 2.05) is 18.2 Å². The lowest BCUT2D eigenvalue weighted by Gasteiger charge is -2.13. The molecule has 1 N–H and O–H groups in total. The van der Waals surface area contributed by atoms with E-state index >= 15 is 0 Å². The van der Waals surface area contributed by atoms with Crippen molar-refractivity contribution >= 4 is 6.09 Å². The summed E-state index contributed by atoms with van der Waals surface area (Å²) in [6, 6.07) is 5.57. The van der Waals surface area contributed by atoms with Gasteiger partial charge in [-0.15, -0.1) is 0 Å². The smallest absolute Gasteiger partial charge is 0.407 e. The molecule has 0 saturated carbocycles. The molecular weight excluding hydrogens is 222 g/mol. The summed E-state index contributed by atoms with van der Waals surface area (Å²) in [4.78, 5) is 11.9. The van der Waals surface area contributed by atoms with E-state index in [-0.39, 0.29) is 0 Å². The van der Waals surface area contributed by atoms with Crippen LogP contribution in [0.3, 0.4) is 0 Å². The molecule has 0 aliphatic carbocycles. The van der Waals surface area contributed by atoms with Gasteiger partial charge in [0, 0.05) is 13.6 Å². The van der Waals surface area contributed by atoms with Crippen LogP contribution in [0.2, 0.25) is 0 Å². The number of hydrogen-bond acceptors (Lipinski definition) is 3. The van der Waals surface area contributed by atoms with Gasteiger partial charge in [0.15, 0.2) is 11.5 Å². The van der Waals surface area contributed by atoms with E-state index in [0.717, 1.165) is 5.56 Å². The van der Waals surface area contributed by atoms with Crippen LogP contribution in [0.4, 0.5) is 4.79 Å². The van der Waals surface area contributed by atoms with E-state index in [0.29, 0.717) is 24.5 Å². The van der Waals surface area contributed by atoms with E-state index < -0.39 is 6.09 Å². The number of nitrogens with zero attached hydrogens (tertiary/aromatic N) is 1. The lowest BCUT2D eigenvalue weighted by molar-refractivity contribution is 0.156. The van der Waals surface area contributed by atoms with Gasteiger partial charge < -0.3 is 19.5 Å². The van der Waals surface area contributed by atoms with Gasteiger partial charge in [0.25, 0.3) is 0 Å². The minimum atomic E-state index is -0.925. The van der Waals surface area contributed by atoms with Crippen LogP contribution in [0.1, 0.15) is 5.56 Å². The monoisotopic (exact) mass is 239 g/mol. The largest absolute Gasteiger partial charge is 0.493 e. The first-order valence-corrected chi connectivity index (χ1v) is 5.23. The zero-order valence-corrected chi connectivity index (χ0v) is 10.3. The van der Waals surface area contributed by atoms with E-state index in [4.69, 9.17) is 14.6 Å². The summed E-state index contributed by atoms with van der Waals surface area (Å²) in [6.45, 7) is 0.449. The van der Waals surface area contributed by atoms with Gasteiger partial charge in [-0.2, -0.15) is 0 Å². The van der Waals surface area contributed by atoms with Crippen molar-refractivity contribution in [1.29, 1.82) is 0 Å². The Morgan fingerprint density at radius 3 is 2.47 bits per heavy atom. The maximum atomic E-state index is 10.6. The summed E-state index contributed by atoms with van der Waals surface area (Å²) >= 11 is 0. The standard InChI is InChI=1S/C12H17NO4/c1-13(12(14)15)7-6-9-4-5-10(16-2)11(8-9)17-3/h4-5,8H,6-7H2,1-3H3,(H,14,15). The van der Waals surface area contributed by atoms with Gasteiger partial charge >= 0.3 is 6.09 Å². The van der Waals surface area contributed by atoms with Crippen molar-refractivity contribution in [2.45, 2.75) is 6.42 Å². The van der Waals surface area contributed by atoms with Gasteiger partial charge in [-0.1, -0.05) is 6.07 Å². The van der Waals surface area contributed by atoms with Crippen molar-refractivity contribution in [3.8, 4) is 11.5 Å². The molecule has 0 aliphatic heterocycles. The molecule has 0 saturated heterocycles. The third kappa shape index (κ3) is 3.55. The zero-order valence-electron chi connectivity index (χ0n) is 10.3. The van der Waals surface area contributed by atoms with Crippen molar-refractivity contribution < 1.29 is 19.4 Å². The summed E-state index contributed by atoms with van der Waals surface area (Å²) < 4.78 is 10.3. The average molecular weight is 239 g/mol. The lowest BCUT2D eigenvalue weighted by Crippen LogP contribution is -2.26. The molecule has 0 aromatic heterocycles. The molecule has 0 aliphatic rings. The first-order chi connectivity index (χ1) is 8.08. The second-order valence-electron chi connectivity index (χ2n) is 3.64. The van der Waals surface area contributed by atoms with Crippen molar-refractivity contribution in [3.05, 3.63) is 23.8 Å². The molecule has 1 rings (SSSR count). The van der Waals surface area contributed by atoms with Gasteiger partial charge in [-0.05, 0) is 24.1 Å². The second kappa shape index (κ2) is 5.98. The SMILES string of the molecule is COc1ccc(CCN(C)C(=O)O)cc1OC. The minimum absolute atomic E-state index is 0.449. The molecule has 1 amide bonds. The Hall–Kier alpha value is -1.91. The van der Waals surface area contributed by atoms with Crippen LogP contribution in [0.5, 0.6) is 11.5 Å². The van der Waals surface area contributed by atoms with Crippen molar-refractivity contribution in [2.75, 3.05) is 27.8 Å². The van der Waals surface area contributed by atoms with Gasteiger partial charge in [0.1, 0.15) is 0 Å². The summed E-state index contributed by atoms with van der Waals surface area (Å²) in [5, 5.41) is 8.72. The number of carboxylic acid groups (broad SMARTS) is 1. The number of amides is 1. The Bertz CT molecular complexity index is 392. The molecule has 0 heterocycles. The summed E-state index contributed by atoms with van der Waals surface area (Å²) in [6.07, 6.45) is -0.283. The van der Waals surface area contributed by atoms with Gasteiger partial charge in [-0.3, -0.25) is 0 Å². The van der Waals surface area contributed by atoms with Gasteiger partial charge in [-0.25, -0.2) is 4.79 Å². The normalized spacial score (nSPS) is 9.82. The highest BCUT2D eigenvalue weighted by atomic mass is 16.5. The Morgan fingerprint density at radius 1 is 1.29 bits per heavy atom. The van der Waals surface area contributed by atoms with Crippen LogP contribution in [0.15, 0.2) is 18.2 Å². The average Bonchev–Trinajstić information content (AvgIpc) is 2.35. The minimum Gasteiger partial charge on any atom is -0.493 e. The quantitative estimate of drug-likeness (QED) is 0.852. The van der Waals surface area contributed by atoms with Crippen LogP contribution in [0.25, 0.3) is 0 Å². The van der Waals surface area contributed by atoms with Crippen molar-refractivity contribution in [3.63, 3.8) is 0 Å². The molecule has 0 atom stereocenters. The summed E-state index contributed by atoms with van der Waals surface area (Å²) in [5.74, 6) is 1.32. The topological polar surface area (TPSA) is 59.0 Å². The zero-order chi connectivity index (χ0) is 12.8. The lowest BCUT2D eigenvalue weighted by atomic mass is 10.1. The molecule has 0 unspecified atom stereocenters. The predicted octanol–water partition coefficient (Wildman–Crippen LogP) is 1.86. The number of likely N-dealkylation sites (N-methyl/N-ethyl adjacent to an activating group) is 1. The molecule has 94 valence electrons. The van der Waals surface area contributed by atoms with E-state index in [1.165, 1.54) is 4.90 Å². The number of benzene rings is 1. The maximum Gasteiger partial charge on any atom is 0.407 e. The highest BCUT2D eigenvalue weighted by Crippen LogP contribution is 2.27. The molecule has 0 radical (unpaired) electrons. The Kier molecular flexibility index (Phi) is 4.63. The Morgan fingerprint density at radius 2 is 1.94 bits per heavy atom. The number of carbonyl (C=O) groups is 1. The van der Waals surface area contributed by atoms with E-state index in [9.17, 15) is 4.79 Å². The molecule has 17 heavy (non-hydrogen) atoms. The Labute approximate surface area is 101 Å². The molecule has 1 aromatic carbocycles. The first kappa shape index (κ1) is 13.2. The molecular formula is C12H17NO4. The Balaban J connectivity index is 2.69. The van der Waals surface area contributed by atoms with Crippen LogP contribution in [-0.4, -0.2) is 43.9 Å². The number of rotatable bonds is 5. The highest BCUT2D eigenvalue weighted by Gasteiger charge is 2.07. The fourth-order valence-electron chi connectivity index (χ4n) is 1.43. The van der Waals surface area contributed by atoms with Crippen LogP contribution in [0, 0.1) is 0 Å². The van der Waals surface area contributed by atoms with Crippen LogP contribution < -0.4 is 9.47 Å². The number of methoxy groups -OCH3 is 2. The molecule has 0 spiro atoms. The molecule has 5 heteroatoms. The number of ether oxygens (including phenoxy) is 2. The third-order valence-corrected chi connectivity index (χ3v) is 2.51. The van der Waals surface area contributed by atoms with E-state index in [2.05, 4.69) is 0 Å². The summed E-state index contributed by atoms with van der Waals surface area (Å²) in [7, 11) is 4.70. The van der Waals surface area contributed by atoms with E-state index in [1.54, 1.807) is 21.3 Å². The van der Waals surface area contributed by atoms with Crippen LogP contribution in [-0.2, 0) is 6.42 Å². The fraction of sp³-hybridized carbons (Fsp3) is 0.417. The fourth-order valence-corrected chi connectivity index (χ4v) is 1.43. The summed E-state index contributed by atoms with van der Waals surface area (Å²) in [5.41, 5.74) is 1.01. The molecule has 0 fully saturated rings. The van der Waals surface area contributed by atoms with Crippen LogP contribution >= 0.6 is 0 Å². The van der Waals surface area contributed by atoms with Gasteiger partial charge in [0.05, 0.1) is 14.2 Å². The van der Waals surface area contributed by atoms with Gasteiger partial charge in [0.2, 0.25) is 0 Å². The maximum absolute atomic E-state index is 10.6. The number of hydrogen-bond donors (Lipinski definition) is 1. The molecule has 0 bridgehead atoms.